The van der Waals surface area contributed by atoms with E-state index in [2.05, 4.69) is 15.6 Å². The van der Waals surface area contributed by atoms with Crippen molar-refractivity contribution in [1.29, 1.82) is 0 Å². The molecule has 2 fully saturated rings. The van der Waals surface area contributed by atoms with Crippen LogP contribution in [0.25, 0.3) is 5.69 Å². The number of aliphatic hydroxyl groups excluding tert-OH is 1. The summed E-state index contributed by atoms with van der Waals surface area (Å²) in [4.78, 5) is 44.4. The Kier molecular flexibility index (Phi) is 8.87. The fraction of sp³-hybridized carbons (Fsp3) is 0.520. The molecule has 1 aromatic carbocycles. The molecule has 2 aliphatic rings. The van der Waals surface area contributed by atoms with Crippen LogP contribution in [-0.4, -0.2) is 87.3 Å². The van der Waals surface area contributed by atoms with Gasteiger partial charge in [-0.3, -0.25) is 14.7 Å². The maximum Gasteiger partial charge on any atom is 0.354 e. The van der Waals surface area contributed by atoms with Crippen LogP contribution in [-0.2, 0) is 11.3 Å². The largest absolute Gasteiger partial charge is 0.394 e. The van der Waals surface area contributed by atoms with Gasteiger partial charge in [-0.05, 0) is 49.4 Å². The molecule has 0 bridgehead atoms. The third kappa shape index (κ3) is 6.92. The van der Waals surface area contributed by atoms with Gasteiger partial charge in [0.25, 0.3) is 0 Å². The zero-order chi connectivity index (χ0) is 26.4. The normalized spacial score (nSPS) is 20.9. The van der Waals surface area contributed by atoms with Crippen LogP contribution in [0.4, 0.5) is 10.6 Å². The monoisotopic (exact) mass is 512 g/mol. The minimum atomic E-state index is -0.953. The van der Waals surface area contributed by atoms with Gasteiger partial charge in [0.15, 0.2) is 0 Å². The highest BCUT2D eigenvalue weighted by Crippen LogP contribution is 2.18. The van der Waals surface area contributed by atoms with Crippen molar-refractivity contribution in [2.75, 3.05) is 38.1 Å². The molecule has 200 valence electrons. The van der Waals surface area contributed by atoms with Crippen molar-refractivity contribution in [2.24, 2.45) is 11.5 Å². The molecule has 12 heteroatoms. The van der Waals surface area contributed by atoms with Gasteiger partial charge in [0.1, 0.15) is 11.9 Å². The van der Waals surface area contributed by atoms with E-state index in [1.54, 1.807) is 12.3 Å². The Balaban J connectivity index is 1.29. The van der Waals surface area contributed by atoms with E-state index in [4.69, 9.17) is 16.6 Å². The van der Waals surface area contributed by atoms with E-state index in [1.165, 1.54) is 14.4 Å². The molecule has 2 heterocycles. The Morgan fingerprint density at radius 2 is 1.68 bits per heavy atom. The van der Waals surface area contributed by atoms with Gasteiger partial charge in [-0.1, -0.05) is 12.1 Å². The number of urea groups is 1. The summed E-state index contributed by atoms with van der Waals surface area (Å²) in [6.07, 6.45) is 5.88. The Morgan fingerprint density at radius 3 is 2.30 bits per heavy atom. The molecule has 3 amide bonds. The van der Waals surface area contributed by atoms with Crippen LogP contribution in [0.1, 0.15) is 31.2 Å². The van der Waals surface area contributed by atoms with Crippen molar-refractivity contribution in [3.8, 4) is 5.69 Å². The average molecular weight is 513 g/mol. The fourth-order valence-electron chi connectivity index (χ4n) is 4.66. The first kappa shape index (κ1) is 26.7. The first-order valence-corrected chi connectivity index (χ1v) is 12.7. The third-order valence-electron chi connectivity index (χ3n) is 7.01. The summed E-state index contributed by atoms with van der Waals surface area (Å²) in [6.45, 7) is 1.58. The quantitative estimate of drug-likeness (QED) is 0.333. The molecule has 1 atom stereocenters. The van der Waals surface area contributed by atoms with Crippen molar-refractivity contribution in [1.82, 2.24) is 24.7 Å². The Bertz CT molecular complexity index is 1120. The summed E-state index contributed by atoms with van der Waals surface area (Å²) >= 11 is 0. The maximum atomic E-state index is 12.6. The molecule has 1 aliphatic heterocycles. The molecule has 0 radical (unpaired) electrons. The fourth-order valence-corrected chi connectivity index (χ4v) is 4.66. The zero-order valence-electron chi connectivity index (χ0n) is 20.9. The van der Waals surface area contributed by atoms with E-state index >= 15 is 0 Å². The summed E-state index contributed by atoms with van der Waals surface area (Å²) in [5.74, 6) is -0.188. The lowest BCUT2D eigenvalue weighted by molar-refractivity contribution is -0.134. The summed E-state index contributed by atoms with van der Waals surface area (Å²) in [7, 11) is 0. The number of aliphatic hydroxyl groups is 1. The van der Waals surface area contributed by atoms with Crippen molar-refractivity contribution in [3.05, 3.63) is 52.6 Å². The Morgan fingerprint density at radius 1 is 1.03 bits per heavy atom. The molecular formula is C25H36N8O4. The second kappa shape index (κ2) is 12.3. The van der Waals surface area contributed by atoms with Crippen LogP contribution in [0.15, 0.2) is 41.3 Å². The van der Waals surface area contributed by atoms with Gasteiger partial charge in [-0.25, -0.2) is 9.59 Å². The lowest BCUT2D eigenvalue weighted by atomic mass is 9.92. The number of carbonyl (C=O) groups excluding carboxylic acids is 2. The predicted octanol–water partition coefficient (Wildman–Crippen LogP) is -0.412. The summed E-state index contributed by atoms with van der Waals surface area (Å²) in [6, 6.07) is 8.75. The highest BCUT2D eigenvalue weighted by atomic mass is 16.3. The SMILES string of the molecule is NC1CCC(NCc2ccc(-n3ccc(NC(=O)N4CCN(C(=O)[C@@H](N)CO)CC4)nc3=O)cc2)CC1. The number of aromatic nitrogens is 2. The van der Waals surface area contributed by atoms with Gasteiger partial charge in [0.2, 0.25) is 5.91 Å². The van der Waals surface area contributed by atoms with E-state index in [9.17, 15) is 14.4 Å². The molecule has 1 saturated heterocycles. The molecule has 12 nitrogen and oxygen atoms in total. The number of anilines is 1. The van der Waals surface area contributed by atoms with E-state index in [-0.39, 0.29) is 11.7 Å². The van der Waals surface area contributed by atoms with Gasteiger partial charge in [0, 0.05) is 51.0 Å². The molecule has 2 aromatic rings. The molecule has 0 spiro atoms. The topological polar surface area (TPSA) is 172 Å². The lowest BCUT2D eigenvalue weighted by Gasteiger charge is -2.35. The molecule has 1 saturated carbocycles. The number of piperazine rings is 1. The molecule has 37 heavy (non-hydrogen) atoms. The van der Waals surface area contributed by atoms with Crippen LogP contribution in [0.2, 0.25) is 0 Å². The van der Waals surface area contributed by atoms with E-state index in [0.717, 1.165) is 37.8 Å². The van der Waals surface area contributed by atoms with Gasteiger partial charge in [-0.15, -0.1) is 0 Å². The van der Waals surface area contributed by atoms with Gasteiger partial charge < -0.3 is 31.7 Å². The number of nitrogens with one attached hydrogen (secondary N) is 2. The first-order valence-electron chi connectivity index (χ1n) is 12.7. The van der Waals surface area contributed by atoms with Crippen molar-refractivity contribution in [3.63, 3.8) is 0 Å². The smallest absolute Gasteiger partial charge is 0.354 e. The van der Waals surface area contributed by atoms with E-state index in [1.807, 2.05) is 24.3 Å². The van der Waals surface area contributed by atoms with E-state index < -0.39 is 24.4 Å². The van der Waals surface area contributed by atoms with Crippen LogP contribution in [0, 0.1) is 0 Å². The van der Waals surface area contributed by atoms with Crippen LogP contribution in [0.3, 0.4) is 0 Å². The summed E-state index contributed by atoms with van der Waals surface area (Å²) in [5.41, 5.74) is 12.9. The highest BCUT2D eigenvalue weighted by Gasteiger charge is 2.27. The maximum absolute atomic E-state index is 12.6. The zero-order valence-corrected chi connectivity index (χ0v) is 20.9. The minimum absolute atomic E-state index is 0.153. The molecule has 7 N–H and O–H groups in total. The Hall–Kier alpha value is -3.32. The second-order valence-corrected chi connectivity index (χ2v) is 9.66. The molecule has 1 aliphatic carbocycles. The van der Waals surface area contributed by atoms with Crippen molar-refractivity contribution in [2.45, 2.75) is 50.4 Å². The molecule has 1 aromatic heterocycles. The predicted molar refractivity (Wildman–Crippen MR) is 139 cm³/mol. The third-order valence-corrected chi connectivity index (χ3v) is 7.01. The number of carbonyl (C=O) groups is 2. The molecule has 4 rings (SSSR count). The van der Waals surface area contributed by atoms with Crippen LogP contribution in [0.5, 0.6) is 0 Å². The Labute approximate surface area is 215 Å². The number of hydrogen-bond donors (Lipinski definition) is 5. The van der Waals surface area contributed by atoms with E-state index in [0.29, 0.717) is 44.0 Å². The van der Waals surface area contributed by atoms with Crippen molar-refractivity contribution >= 4 is 17.8 Å². The standard InChI is InChI=1S/C25H36N8O4/c26-18-3-5-19(6-4-18)28-15-17-1-7-20(8-2-17)33-10-9-22(30-25(33)37)29-24(36)32-13-11-31(12-14-32)23(35)21(27)16-34/h1-2,7-10,18-19,21,28,34H,3-6,11-16,26-27H2,(H,29,30,36,37)/t18?,19?,21-/m0/s1. The number of hydrogen-bond acceptors (Lipinski definition) is 8. The number of nitrogens with two attached hydrogens (primary N) is 2. The number of benzene rings is 1. The summed E-state index contributed by atoms with van der Waals surface area (Å²) in [5, 5.41) is 15.3. The van der Waals surface area contributed by atoms with Crippen molar-refractivity contribution < 1.29 is 14.7 Å². The minimum Gasteiger partial charge on any atom is -0.394 e. The highest BCUT2D eigenvalue weighted by molar-refractivity contribution is 5.88. The van der Waals surface area contributed by atoms with Crippen LogP contribution < -0.4 is 27.8 Å². The van der Waals surface area contributed by atoms with Gasteiger partial charge in [0.05, 0.1) is 12.3 Å². The lowest BCUT2D eigenvalue weighted by Crippen LogP contribution is -2.55. The first-order chi connectivity index (χ1) is 17.8. The summed E-state index contributed by atoms with van der Waals surface area (Å²) < 4.78 is 1.42. The van der Waals surface area contributed by atoms with Crippen LogP contribution >= 0.6 is 0 Å². The average Bonchev–Trinajstić information content (AvgIpc) is 2.92. The molecular weight excluding hydrogens is 476 g/mol. The molecule has 0 unspecified atom stereocenters. The number of rotatable bonds is 7. The second-order valence-electron chi connectivity index (χ2n) is 9.66. The number of nitrogens with zero attached hydrogens (tertiary/aromatic N) is 4. The van der Waals surface area contributed by atoms with Gasteiger partial charge in [-0.2, -0.15) is 4.98 Å². The number of amides is 3. The van der Waals surface area contributed by atoms with Gasteiger partial charge >= 0.3 is 11.7 Å².